The van der Waals surface area contributed by atoms with E-state index in [4.69, 9.17) is 5.73 Å². The van der Waals surface area contributed by atoms with Crippen LogP contribution < -0.4 is 5.73 Å². The van der Waals surface area contributed by atoms with Crippen molar-refractivity contribution in [3.63, 3.8) is 0 Å². The van der Waals surface area contributed by atoms with Crippen LogP contribution in [0.4, 0.5) is 13.2 Å². The van der Waals surface area contributed by atoms with Gasteiger partial charge in [0.15, 0.2) is 0 Å². The molecule has 5 nitrogen and oxygen atoms in total. The first-order valence-electron chi connectivity index (χ1n) is 11.6. The van der Waals surface area contributed by atoms with Crippen LogP contribution in [0.3, 0.4) is 0 Å². The van der Waals surface area contributed by atoms with E-state index in [1.54, 1.807) is 6.20 Å². The third-order valence-electron chi connectivity index (χ3n) is 6.07. The van der Waals surface area contributed by atoms with Crippen molar-refractivity contribution in [2.75, 3.05) is 13.1 Å². The molecule has 2 aromatic rings. The van der Waals surface area contributed by atoms with Gasteiger partial charge in [-0.15, -0.1) is 22.7 Å². The van der Waals surface area contributed by atoms with Crippen LogP contribution in [0.5, 0.6) is 0 Å². The summed E-state index contributed by atoms with van der Waals surface area (Å²) in [6.45, 7) is 4.86. The number of alkyl halides is 3. The fourth-order valence-corrected chi connectivity index (χ4v) is 6.22. The van der Waals surface area contributed by atoms with Gasteiger partial charge < -0.3 is 5.73 Å². The maximum Gasteiger partial charge on any atom is 0.389 e. The van der Waals surface area contributed by atoms with Crippen molar-refractivity contribution in [3.8, 4) is 0 Å². The molecule has 33 heavy (non-hydrogen) atoms. The third-order valence-corrected chi connectivity index (χ3v) is 8.20. The molecule has 0 bridgehead atoms. The Balaban J connectivity index is 0.000000257. The number of nitrogens with two attached hydrogens (primary N) is 1. The molecule has 3 heterocycles. The zero-order valence-electron chi connectivity index (χ0n) is 19.1. The Morgan fingerprint density at radius 1 is 1.24 bits per heavy atom. The molecule has 1 amide bonds. The molecule has 1 saturated carbocycles. The first kappa shape index (κ1) is 26.1. The van der Waals surface area contributed by atoms with E-state index in [0.29, 0.717) is 11.4 Å². The molecule has 10 heteroatoms. The monoisotopic (exact) mass is 502 g/mol. The second-order valence-electron chi connectivity index (χ2n) is 8.90. The van der Waals surface area contributed by atoms with Crippen LogP contribution in [0.25, 0.3) is 0 Å². The van der Waals surface area contributed by atoms with Crippen LogP contribution in [0, 0.1) is 12.8 Å². The van der Waals surface area contributed by atoms with Crippen LogP contribution in [-0.2, 0) is 30.6 Å². The van der Waals surface area contributed by atoms with Gasteiger partial charge in [-0.2, -0.15) is 13.2 Å². The molecule has 0 unspecified atom stereocenters. The molecular formula is C23H33F3N4OS2. The van der Waals surface area contributed by atoms with E-state index in [-0.39, 0.29) is 12.3 Å². The topological polar surface area (TPSA) is 72.1 Å². The Hall–Kier alpha value is -1.52. The van der Waals surface area contributed by atoms with E-state index in [1.807, 2.05) is 6.92 Å². The first-order valence-corrected chi connectivity index (χ1v) is 13.3. The molecule has 0 spiro atoms. The lowest BCUT2D eigenvalue weighted by molar-refractivity contribution is -0.134. The van der Waals surface area contributed by atoms with Gasteiger partial charge in [-0.3, -0.25) is 9.69 Å². The van der Waals surface area contributed by atoms with E-state index in [0.717, 1.165) is 47.6 Å². The molecule has 184 valence electrons. The molecule has 0 radical (unpaired) electrons. The van der Waals surface area contributed by atoms with Gasteiger partial charge in [0.2, 0.25) is 5.91 Å². The van der Waals surface area contributed by atoms with Gasteiger partial charge in [-0.25, -0.2) is 9.97 Å². The summed E-state index contributed by atoms with van der Waals surface area (Å²) in [6, 6.07) is 0. The summed E-state index contributed by atoms with van der Waals surface area (Å²) in [5, 5.41) is 1.62. The number of thiazole rings is 2. The van der Waals surface area contributed by atoms with Crippen molar-refractivity contribution in [2.24, 2.45) is 11.7 Å². The summed E-state index contributed by atoms with van der Waals surface area (Å²) in [5.74, 6) is 0.576. The number of aromatic nitrogens is 2. The Bertz CT molecular complexity index is 891. The van der Waals surface area contributed by atoms with Crippen LogP contribution in [0.2, 0.25) is 0 Å². The largest absolute Gasteiger partial charge is 0.389 e. The van der Waals surface area contributed by atoms with E-state index in [2.05, 4.69) is 14.9 Å². The van der Waals surface area contributed by atoms with Crippen molar-refractivity contribution in [1.29, 1.82) is 0 Å². The predicted molar refractivity (Wildman–Crippen MR) is 126 cm³/mol. The summed E-state index contributed by atoms with van der Waals surface area (Å²) in [7, 11) is 0. The molecule has 1 aliphatic heterocycles. The number of primary amides is 1. The maximum atomic E-state index is 12.3. The summed E-state index contributed by atoms with van der Waals surface area (Å²) < 4.78 is 37.0. The van der Waals surface area contributed by atoms with Gasteiger partial charge in [0.25, 0.3) is 0 Å². The lowest BCUT2D eigenvalue weighted by Crippen LogP contribution is -2.32. The summed E-state index contributed by atoms with van der Waals surface area (Å²) >= 11 is 2.99. The molecule has 2 N–H and O–H groups in total. The number of aryl methyl sites for hydroxylation is 2. The predicted octanol–water partition coefficient (Wildman–Crippen LogP) is 5.45. The number of hydrogen-bond donors (Lipinski definition) is 1. The van der Waals surface area contributed by atoms with Crippen LogP contribution in [-0.4, -0.2) is 40.0 Å². The van der Waals surface area contributed by atoms with Crippen molar-refractivity contribution < 1.29 is 18.0 Å². The van der Waals surface area contributed by atoms with E-state index in [9.17, 15) is 18.0 Å². The molecule has 4 rings (SSSR count). The zero-order valence-corrected chi connectivity index (χ0v) is 20.8. The Kier molecular flexibility index (Phi) is 9.69. The average molecular weight is 503 g/mol. The van der Waals surface area contributed by atoms with Crippen molar-refractivity contribution in [1.82, 2.24) is 14.9 Å². The standard InChI is InChI=1S/C17H25F3N2S.C6H8N2OS/c18-17(19,20)9-6-16-21-14-12-22(11-8-15(14)23-16)10-7-13-4-2-1-3-5-13;1-4-8-3-5(10-4)2-6(7)9/h13H,1-12H2;3H,2H2,1H3,(H2,7,9). The highest BCUT2D eigenvalue weighted by atomic mass is 32.1. The summed E-state index contributed by atoms with van der Waals surface area (Å²) in [5.41, 5.74) is 6.00. The highest BCUT2D eigenvalue weighted by Gasteiger charge is 2.28. The van der Waals surface area contributed by atoms with Gasteiger partial charge in [-0.1, -0.05) is 32.1 Å². The molecule has 0 aromatic carbocycles. The Morgan fingerprint density at radius 3 is 2.64 bits per heavy atom. The van der Waals surface area contributed by atoms with Crippen LogP contribution in [0.15, 0.2) is 6.20 Å². The van der Waals surface area contributed by atoms with Gasteiger partial charge in [0, 0.05) is 41.9 Å². The molecule has 2 aliphatic rings. The fraction of sp³-hybridized carbons (Fsp3) is 0.696. The number of rotatable bonds is 7. The normalized spacial score (nSPS) is 17.3. The Labute approximate surface area is 201 Å². The SMILES string of the molecule is Cc1ncc(CC(N)=O)s1.FC(F)(F)CCc1nc2c(s1)CCN(CCC1CCCCC1)C2. The maximum absolute atomic E-state index is 12.3. The fourth-order valence-electron chi connectivity index (χ4n) is 4.35. The quantitative estimate of drug-likeness (QED) is 0.547. The van der Waals surface area contributed by atoms with Crippen LogP contribution in [0.1, 0.15) is 70.4 Å². The lowest BCUT2D eigenvalue weighted by atomic mass is 9.87. The Morgan fingerprint density at radius 2 is 2.00 bits per heavy atom. The smallest absolute Gasteiger partial charge is 0.369 e. The van der Waals surface area contributed by atoms with Gasteiger partial charge in [0.1, 0.15) is 0 Å². The minimum atomic E-state index is -4.09. The number of halogens is 3. The van der Waals surface area contributed by atoms with E-state index in [1.165, 1.54) is 66.1 Å². The molecule has 2 aromatic heterocycles. The highest BCUT2D eigenvalue weighted by Crippen LogP contribution is 2.30. The second-order valence-corrected chi connectivity index (χ2v) is 11.4. The number of nitrogens with zero attached hydrogens (tertiary/aromatic N) is 3. The van der Waals surface area contributed by atoms with Crippen molar-refractivity contribution in [2.45, 2.75) is 83.9 Å². The van der Waals surface area contributed by atoms with Gasteiger partial charge >= 0.3 is 6.18 Å². The van der Waals surface area contributed by atoms with Crippen molar-refractivity contribution in [3.05, 3.63) is 31.7 Å². The van der Waals surface area contributed by atoms with E-state index >= 15 is 0 Å². The minimum absolute atomic E-state index is 0.0310. The number of hydrogen-bond acceptors (Lipinski definition) is 6. The van der Waals surface area contributed by atoms with Crippen LogP contribution >= 0.6 is 22.7 Å². The van der Waals surface area contributed by atoms with Gasteiger partial charge in [0.05, 0.1) is 22.1 Å². The number of carbonyl (C=O) groups is 1. The zero-order chi connectivity index (χ0) is 23.8. The third kappa shape index (κ3) is 9.33. The number of fused-ring (bicyclic) bond motifs is 1. The molecular weight excluding hydrogens is 469 g/mol. The number of carbonyl (C=O) groups excluding carboxylic acids is 1. The van der Waals surface area contributed by atoms with Crippen molar-refractivity contribution >= 4 is 28.6 Å². The number of amides is 1. The molecule has 1 aliphatic carbocycles. The lowest BCUT2D eigenvalue weighted by Gasteiger charge is -2.29. The highest BCUT2D eigenvalue weighted by molar-refractivity contribution is 7.12. The first-order chi connectivity index (χ1) is 15.7. The van der Waals surface area contributed by atoms with Gasteiger partial charge in [-0.05, 0) is 32.2 Å². The minimum Gasteiger partial charge on any atom is -0.369 e. The summed E-state index contributed by atoms with van der Waals surface area (Å²) in [4.78, 5) is 23.4. The summed E-state index contributed by atoms with van der Waals surface area (Å²) in [6.07, 6.45) is 6.29. The second kappa shape index (κ2) is 12.3. The molecule has 1 fully saturated rings. The molecule has 0 saturated heterocycles. The average Bonchev–Trinajstić information content (AvgIpc) is 3.36. The van der Waals surface area contributed by atoms with E-state index < -0.39 is 12.6 Å². The molecule has 0 atom stereocenters.